The van der Waals surface area contributed by atoms with E-state index in [-0.39, 0.29) is 31.1 Å². The van der Waals surface area contributed by atoms with Crippen LogP contribution in [-0.2, 0) is 28.6 Å². The van der Waals surface area contributed by atoms with Crippen LogP contribution in [0.3, 0.4) is 0 Å². The molecular weight excluding hydrogens is 853 g/mol. The molecule has 69 heavy (non-hydrogen) atoms. The van der Waals surface area contributed by atoms with Crippen LogP contribution in [-0.4, -0.2) is 37.2 Å². The van der Waals surface area contributed by atoms with Crippen LogP contribution in [0.25, 0.3) is 0 Å². The molecule has 0 aromatic heterocycles. The van der Waals surface area contributed by atoms with Crippen LogP contribution in [0.4, 0.5) is 0 Å². The number of carbonyl (C=O) groups excluding carboxylic acids is 3. The number of hydrogen-bond donors (Lipinski definition) is 0. The smallest absolute Gasteiger partial charge is 0.306 e. The van der Waals surface area contributed by atoms with Crippen molar-refractivity contribution in [1.82, 2.24) is 0 Å². The zero-order valence-electron chi connectivity index (χ0n) is 45.3. The van der Waals surface area contributed by atoms with Gasteiger partial charge >= 0.3 is 17.9 Å². The van der Waals surface area contributed by atoms with E-state index in [1.54, 1.807) is 0 Å². The molecule has 6 heteroatoms. The summed E-state index contributed by atoms with van der Waals surface area (Å²) in [5.74, 6) is -0.922. The van der Waals surface area contributed by atoms with E-state index < -0.39 is 6.10 Å². The summed E-state index contributed by atoms with van der Waals surface area (Å²) in [5, 5.41) is 0. The molecule has 0 spiro atoms. The van der Waals surface area contributed by atoms with Crippen molar-refractivity contribution >= 4 is 17.9 Å². The Morgan fingerprint density at radius 2 is 0.565 bits per heavy atom. The van der Waals surface area contributed by atoms with Gasteiger partial charge in [-0.25, -0.2) is 0 Å². The molecule has 0 bridgehead atoms. The number of ether oxygens (including phenoxy) is 3. The fourth-order valence-electron chi connectivity index (χ4n) is 8.07. The number of hydrogen-bond acceptors (Lipinski definition) is 6. The SMILES string of the molecule is CC/C=C\C/C=C\C/C=C\C/C=C\C/C=C\C/C=C\C/C=C\CCCCCC(=O)OCC(COC(=O)CCCCCCCC)OC(=O)CCCCCCCCCCCCCCCCCCCCCC. The summed E-state index contributed by atoms with van der Waals surface area (Å²) in [7, 11) is 0. The monoisotopic (exact) mass is 961 g/mol. The van der Waals surface area contributed by atoms with E-state index in [1.165, 1.54) is 128 Å². The number of unbranched alkanes of at least 4 members (excludes halogenated alkanes) is 27. The minimum atomic E-state index is -0.786. The first-order valence-corrected chi connectivity index (χ1v) is 29.1. The van der Waals surface area contributed by atoms with Gasteiger partial charge in [-0.15, -0.1) is 0 Å². The molecule has 0 saturated carbocycles. The summed E-state index contributed by atoms with van der Waals surface area (Å²) < 4.78 is 16.7. The molecule has 1 atom stereocenters. The van der Waals surface area contributed by atoms with E-state index in [0.717, 1.165) is 109 Å². The molecule has 0 N–H and O–H groups in total. The van der Waals surface area contributed by atoms with Crippen LogP contribution < -0.4 is 0 Å². The van der Waals surface area contributed by atoms with Crippen molar-refractivity contribution in [3.05, 3.63) is 85.1 Å². The lowest BCUT2D eigenvalue weighted by Crippen LogP contribution is -2.30. The Hall–Kier alpha value is -3.41. The predicted octanol–water partition coefficient (Wildman–Crippen LogP) is 19.5. The van der Waals surface area contributed by atoms with Gasteiger partial charge in [0, 0.05) is 19.3 Å². The highest BCUT2D eigenvalue weighted by Crippen LogP contribution is 2.16. The summed E-state index contributed by atoms with van der Waals surface area (Å²) in [6.45, 7) is 6.46. The van der Waals surface area contributed by atoms with E-state index in [4.69, 9.17) is 14.2 Å². The minimum Gasteiger partial charge on any atom is -0.462 e. The molecule has 0 radical (unpaired) electrons. The van der Waals surface area contributed by atoms with Crippen molar-refractivity contribution in [3.8, 4) is 0 Å². The quantitative estimate of drug-likeness (QED) is 0.0262. The Bertz CT molecular complexity index is 1330. The lowest BCUT2D eigenvalue weighted by atomic mass is 10.0. The topological polar surface area (TPSA) is 78.9 Å². The Morgan fingerprint density at radius 1 is 0.304 bits per heavy atom. The average molecular weight is 962 g/mol. The predicted molar refractivity (Wildman–Crippen MR) is 297 cm³/mol. The van der Waals surface area contributed by atoms with Crippen LogP contribution in [0, 0.1) is 0 Å². The molecule has 0 aliphatic carbocycles. The van der Waals surface area contributed by atoms with E-state index >= 15 is 0 Å². The van der Waals surface area contributed by atoms with Gasteiger partial charge in [0.1, 0.15) is 13.2 Å². The fraction of sp³-hybridized carbons (Fsp3) is 0.730. The van der Waals surface area contributed by atoms with Gasteiger partial charge in [-0.1, -0.05) is 266 Å². The standard InChI is InChI=1S/C63H108O6/c1-4-7-10-13-16-18-20-22-24-26-28-30-31-32-33-34-36-37-39-41-43-45-47-50-53-56-62(65)68-59-60(58-67-61(64)55-52-49-15-12-9-6-3)69-63(66)57-54-51-48-46-44-42-40-38-35-29-27-25-23-21-19-17-14-11-8-5-2/h7,10,16,18,22,24,28,30,32-33,36-37,41,43,60H,4-6,8-9,11-15,17,19-21,23,25-27,29,31,34-35,38-40,42,44-59H2,1-3H3/b10-7-,18-16-,24-22-,30-28-,33-32-,37-36-,43-41-. The van der Waals surface area contributed by atoms with Crippen molar-refractivity contribution in [1.29, 1.82) is 0 Å². The molecule has 6 nitrogen and oxygen atoms in total. The first-order valence-electron chi connectivity index (χ1n) is 29.1. The van der Waals surface area contributed by atoms with Gasteiger partial charge in [-0.2, -0.15) is 0 Å². The molecule has 0 aromatic rings. The third-order valence-corrected chi connectivity index (χ3v) is 12.4. The molecule has 0 saturated heterocycles. The molecule has 396 valence electrons. The average Bonchev–Trinajstić information content (AvgIpc) is 3.35. The molecule has 0 fully saturated rings. The summed E-state index contributed by atoms with van der Waals surface area (Å²) in [6.07, 6.45) is 74.7. The molecule has 0 rings (SSSR count). The van der Waals surface area contributed by atoms with Crippen molar-refractivity contribution in [2.45, 2.75) is 284 Å². The van der Waals surface area contributed by atoms with Gasteiger partial charge in [0.05, 0.1) is 0 Å². The first kappa shape index (κ1) is 65.6. The molecule has 0 aromatic carbocycles. The minimum absolute atomic E-state index is 0.0855. The zero-order valence-corrected chi connectivity index (χ0v) is 45.3. The van der Waals surface area contributed by atoms with E-state index in [9.17, 15) is 14.4 Å². The maximum atomic E-state index is 12.8. The second-order valence-corrected chi connectivity index (χ2v) is 19.2. The summed E-state index contributed by atoms with van der Waals surface area (Å²) in [4.78, 5) is 37.9. The largest absolute Gasteiger partial charge is 0.462 e. The van der Waals surface area contributed by atoms with E-state index in [2.05, 4.69) is 106 Å². The molecule has 1 unspecified atom stereocenters. The third kappa shape index (κ3) is 55.4. The molecule has 0 heterocycles. The van der Waals surface area contributed by atoms with Crippen molar-refractivity contribution < 1.29 is 28.6 Å². The Balaban J connectivity index is 4.21. The summed E-state index contributed by atoms with van der Waals surface area (Å²) in [5.41, 5.74) is 0. The van der Waals surface area contributed by atoms with Crippen molar-refractivity contribution in [2.24, 2.45) is 0 Å². The Morgan fingerprint density at radius 3 is 0.884 bits per heavy atom. The highest BCUT2D eigenvalue weighted by Gasteiger charge is 2.19. The van der Waals surface area contributed by atoms with Crippen molar-refractivity contribution in [3.63, 3.8) is 0 Å². The maximum absolute atomic E-state index is 12.8. The third-order valence-electron chi connectivity index (χ3n) is 12.4. The molecule has 0 aliphatic heterocycles. The Kier molecular flexibility index (Phi) is 54.3. The molecule has 0 aliphatic rings. The van der Waals surface area contributed by atoms with Crippen LogP contribution in [0.2, 0.25) is 0 Å². The van der Waals surface area contributed by atoms with E-state index in [0.29, 0.717) is 19.3 Å². The highest BCUT2D eigenvalue weighted by molar-refractivity contribution is 5.71. The van der Waals surface area contributed by atoms with Crippen molar-refractivity contribution in [2.75, 3.05) is 13.2 Å². The summed E-state index contributed by atoms with van der Waals surface area (Å²) in [6, 6.07) is 0. The highest BCUT2D eigenvalue weighted by atomic mass is 16.6. The van der Waals surface area contributed by atoms with Gasteiger partial charge in [0.25, 0.3) is 0 Å². The van der Waals surface area contributed by atoms with Crippen LogP contribution in [0.1, 0.15) is 278 Å². The molecular formula is C63H108O6. The molecule has 0 amide bonds. The van der Waals surface area contributed by atoms with Gasteiger partial charge in [-0.3, -0.25) is 14.4 Å². The zero-order chi connectivity index (χ0) is 50.0. The Labute approximate surface area is 426 Å². The van der Waals surface area contributed by atoms with Crippen LogP contribution >= 0.6 is 0 Å². The number of rotatable bonds is 52. The number of esters is 3. The number of carbonyl (C=O) groups is 3. The fourth-order valence-corrected chi connectivity index (χ4v) is 8.07. The second-order valence-electron chi connectivity index (χ2n) is 19.2. The first-order chi connectivity index (χ1) is 34.0. The van der Waals surface area contributed by atoms with Crippen LogP contribution in [0.5, 0.6) is 0 Å². The number of allylic oxidation sites excluding steroid dienone is 14. The second kappa shape index (κ2) is 57.2. The maximum Gasteiger partial charge on any atom is 0.306 e. The lowest BCUT2D eigenvalue weighted by Gasteiger charge is -2.18. The van der Waals surface area contributed by atoms with Crippen LogP contribution in [0.15, 0.2) is 85.1 Å². The lowest BCUT2D eigenvalue weighted by molar-refractivity contribution is -0.167. The van der Waals surface area contributed by atoms with Gasteiger partial charge in [-0.05, 0) is 77.0 Å². The van der Waals surface area contributed by atoms with E-state index in [1.807, 2.05) is 0 Å². The van der Waals surface area contributed by atoms with Gasteiger partial charge in [0.15, 0.2) is 6.10 Å². The van der Waals surface area contributed by atoms with Gasteiger partial charge in [0.2, 0.25) is 0 Å². The van der Waals surface area contributed by atoms with Gasteiger partial charge < -0.3 is 14.2 Å². The normalized spacial score (nSPS) is 12.7. The summed E-state index contributed by atoms with van der Waals surface area (Å²) >= 11 is 0.